The summed E-state index contributed by atoms with van der Waals surface area (Å²) in [6, 6.07) is 8.52. The number of benzene rings is 1. The molecule has 1 aliphatic rings. The highest BCUT2D eigenvalue weighted by atomic mass is 16.3. The van der Waals surface area contributed by atoms with Gasteiger partial charge in [-0.25, -0.2) is 0 Å². The second-order valence-corrected chi connectivity index (χ2v) is 4.12. The zero-order chi connectivity index (χ0) is 9.97. The van der Waals surface area contributed by atoms with Crippen LogP contribution < -0.4 is 5.73 Å². The van der Waals surface area contributed by atoms with Crippen molar-refractivity contribution in [3.63, 3.8) is 0 Å². The van der Waals surface area contributed by atoms with E-state index >= 15 is 0 Å². The monoisotopic (exact) mass is 191 g/mol. The van der Waals surface area contributed by atoms with Crippen LogP contribution in [0, 0.1) is 11.8 Å². The Morgan fingerprint density at radius 3 is 2.29 bits per heavy atom. The molecule has 3 N–H and O–H groups in total. The topological polar surface area (TPSA) is 46.2 Å². The van der Waals surface area contributed by atoms with Gasteiger partial charge in [-0.15, -0.1) is 0 Å². The fraction of sp³-hybridized carbons (Fsp3) is 0.500. The summed E-state index contributed by atoms with van der Waals surface area (Å²) in [5, 5.41) is 9.19. The summed E-state index contributed by atoms with van der Waals surface area (Å²) in [6.07, 6.45) is 2.16. The van der Waals surface area contributed by atoms with Gasteiger partial charge in [-0.05, 0) is 42.3 Å². The van der Waals surface area contributed by atoms with Gasteiger partial charge in [0, 0.05) is 6.61 Å². The van der Waals surface area contributed by atoms with E-state index in [-0.39, 0.29) is 12.5 Å². The predicted molar refractivity (Wildman–Crippen MR) is 57.0 cm³/mol. The van der Waals surface area contributed by atoms with E-state index in [9.17, 15) is 5.11 Å². The van der Waals surface area contributed by atoms with Crippen molar-refractivity contribution in [2.75, 3.05) is 13.2 Å². The van der Waals surface area contributed by atoms with Crippen molar-refractivity contribution in [3.05, 3.63) is 35.4 Å². The highest BCUT2D eigenvalue weighted by Gasteiger charge is 2.26. The van der Waals surface area contributed by atoms with Crippen LogP contribution in [0.3, 0.4) is 0 Å². The van der Waals surface area contributed by atoms with E-state index in [0.29, 0.717) is 12.5 Å². The molecule has 0 heterocycles. The summed E-state index contributed by atoms with van der Waals surface area (Å²) in [5.74, 6) is 0.810. The summed E-state index contributed by atoms with van der Waals surface area (Å²) in [6.45, 7) is 0.810. The Labute approximate surface area is 84.7 Å². The molecule has 1 unspecified atom stereocenters. The van der Waals surface area contributed by atoms with Gasteiger partial charge in [0.1, 0.15) is 0 Å². The van der Waals surface area contributed by atoms with Crippen molar-refractivity contribution in [1.82, 2.24) is 0 Å². The molecule has 0 amide bonds. The number of hydrogen-bond acceptors (Lipinski definition) is 2. The Kier molecular flexibility index (Phi) is 2.85. The lowest BCUT2D eigenvalue weighted by atomic mass is 9.90. The molecule has 76 valence electrons. The molecule has 0 saturated heterocycles. The maximum Gasteiger partial charge on any atom is 0.0474 e. The van der Waals surface area contributed by atoms with Crippen LogP contribution in [0.2, 0.25) is 0 Å². The third kappa shape index (κ3) is 1.68. The largest absolute Gasteiger partial charge is 0.396 e. The normalized spacial score (nSPS) is 18.1. The molecular formula is C12H17NO. The smallest absolute Gasteiger partial charge is 0.0474 e. The molecule has 0 spiro atoms. The molecule has 2 nitrogen and oxygen atoms in total. The Hall–Kier alpha value is -0.860. The number of fused-ring (bicyclic) bond motifs is 1. The Morgan fingerprint density at radius 1 is 1.29 bits per heavy atom. The Balaban J connectivity index is 2.11. The quantitative estimate of drug-likeness (QED) is 0.747. The van der Waals surface area contributed by atoms with Crippen molar-refractivity contribution >= 4 is 0 Å². The van der Waals surface area contributed by atoms with Crippen molar-refractivity contribution in [1.29, 1.82) is 0 Å². The number of hydrogen-bond donors (Lipinski definition) is 2. The summed E-state index contributed by atoms with van der Waals surface area (Å²) >= 11 is 0. The second kappa shape index (κ2) is 4.11. The van der Waals surface area contributed by atoms with Gasteiger partial charge in [0.05, 0.1) is 0 Å². The van der Waals surface area contributed by atoms with Crippen LogP contribution in [0.4, 0.5) is 0 Å². The fourth-order valence-corrected chi connectivity index (χ4v) is 2.34. The lowest BCUT2D eigenvalue weighted by Gasteiger charge is -2.18. The second-order valence-electron chi connectivity index (χ2n) is 4.12. The average molecular weight is 191 g/mol. The Bertz CT molecular complexity index is 282. The summed E-state index contributed by atoms with van der Waals surface area (Å²) in [7, 11) is 0. The van der Waals surface area contributed by atoms with E-state index in [2.05, 4.69) is 24.3 Å². The highest BCUT2D eigenvalue weighted by Crippen LogP contribution is 2.30. The maximum atomic E-state index is 9.19. The van der Waals surface area contributed by atoms with Gasteiger partial charge in [-0.1, -0.05) is 24.3 Å². The van der Waals surface area contributed by atoms with Crippen LogP contribution in [0.1, 0.15) is 11.1 Å². The van der Waals surface area contributed by atoms with Gasteiger partial charge in [0.15, 0.2) is 0 Å². The summed E-state index contributed by atoms with van der Waals surface area (Å²) < 4.78 is 0. The minimum Gasteiger partial charge on any atom is -0.396 e. The first-order valence-corrected chi connectivity index (χ1v) is 5.23. The molecule has 0 bridgehead atoms. The lowest BCUT2D eigenvalue weighted by molar-refractivity contribution is 0.183. The van der Waals surface area contributed by atoms with E-state index in [0.717, 1.165) is 12.8 Å². The number of aliphatic hydroxyl groups excluding tert-OH is 1. The van der Waals surface area contributed by atoms with Gasteiger partial charge in [-0.3, -0.25) is 0 Å². The number of aliphatic hydroxyl groups is 1. The van der Waals surface area contributed by atoms with Gasteiger partial charge in [-0.2, -0.15) is 0 Å². The van der Waals surface area contributed by atoms with Crippen LogP contribution in [0.15, 0.2) is 24.3 Å². The van der Waals surface area contributed by atoms with E-state index in [4.69, 9.17) is 5.73 Å². The molecule has 1 atom stereocenters. The van der Waals surface area contributed by atoms with Gasteiger partial charge in [0.25, 0.3) is 0 Å². The molecule has 2 rings (SSSR count). The molecule has 14 heavy (non-hydrogen) atoms. The Morgan fingerprint density at radius 2 is 1.86 bits per heavy atom. The standard InChI is InChI=1S/C12H17NO/c13-7-12(8-14)11-5-9-3-1-2-4-10(9)6-11/h1-4,11-12,14H,5-8,13H2. The molecule has 2 heteroatoms. The van der Waals surface area contributed by atoms with Gasteiger partial charge in [0.2, 0.25) is 0 Å². The first-order chi connectivity index (χ1) is 6.85. The van der Waals surface area contributed by atoms with E-state index in [1.165, 1.54) is 11.1 Å². The molecule has 0 aliphatic heterocycles. The van der Waals surface area contributed by atoms with Crippen molar-refractivity contribution < 1.29 is 5.11 Å². The summed E-state index contributed by atoms with van der Waals surface area (Å²) in [4.78, 5) is 0. The average Bonchev–Trinajstić information content (AvgIpc) is 2.63. The molecule has 0 aromatic heterocycles. The van der Waals surface area contributed by atoms with Crippen LogP contribution in [-0.2, 0) is 12.8 Å². The molecule has 0 saturated carbocycles. The molecule has 0 radical (unpaired) electrons. The van der Waals surface area contributed by atoms with E-state index in [1.807, 2.05) is 0 Å². The molecule has 1 aromatic rings. The van der Waals surface area contributed by atoms with Crippen molar-refractivity contribution in [2.24, 2.45) is 17.6 Å². The third-order valence-electron chi connectivity index (χ3n) is 3.29. The zero-order valence-corrected chi connectivity index (χ0v) is 8.32. The maximum absolute atomic E-state index is 9.19. The predicted octanol–water partition coefficient (Wildman–Crippen LogP) is 0.969. The van der Waals surface area contributed by atoms with Crippen LogP contribution >= 0.6 is 0 Å². The SMILES string of the molecule is NCC(CO)C1Cc2ccccc2C1. The van der Waals surface area contributed by atoms with Crippen LogP contribution in [0.25, 0.3) is 0 Å². The minimum absolute atomic E-state index is 0.217. The van der Waals surface area contributed by atoms with E-state index in [1.54, 1.807) is 0 Å². The van der Waals surface area contributed by atoms with Gasteiger partial charge >= 0.3 is 0 Å². The molecule has 1 aliphatic carbocycles. The summed E-state index contributed by atoms with van der Waals surface area (Å²) in [5.41, 5.74) is 8.51. The minimum atomic E-state index is 0.217. The van der Waals surface area contributed by atoms with Gasteiger partial charge < -0.3 is 10.8 Å². The number of nitrogens with two attached hydrogens (primary N) is 1. The van der Waals surface area contributed by atoms with Crippen LogP contribution in [-0.4, -0.2) is 18.3 Å². The van der Waals surface area contributed by atoms with Crippen molar-refractivity contribution in [3.8, 4) is 0 Å². The highest BCUT2D eigenvalue weighted by molar-refractivity contribution is 5.32. The first kappa shape index (κ1) is 9.69. The zero-order valence-electron chi connectivity index (χ0n) is 8.32. The first-order valence-electron chi connectivity index (χ1n) is 5.23. The lowest BCUT2D eigenvalue weighted by Crippen LogP contribution is -2.27. The van der Waals surface area contributed by atoms with E-state index < -0.39 is 0 Å². The van der Waals surface area contributed by atoms with Crippen LogP contribution in [0.5, 0.6) is 0 Å². The fourth-order valence-electron chi connectivity index (χ4n) is 2.34. The van der Waals surface area contributed by atoms with Crippen molar-refractivity contribution in [2.45, 2.75) is 12.8 Å². The third-order valence-corrected chi connectivity index (χ3v) is 3.29. The molecule has 0 fully saturated rings. The molecular weight excluding hydrogens is 174 g/mol. The number of rotatable bonds is 3. The molecule has 1 aromatic carbocycles.